The number of hydrogen-bond donors (Lipinski definition) is 0. The second-order valence-electron chi connectivity index (χ2n) is 5.10. The molecule has 18 heavy (non-hydrogen) atoms. The molecule has 2 saturated heterocycles. The van der Waals surface area contributed by atoms with Crippen LogP contribution in [0.1, 0.15) is 31.4 Å². The molecule has 3 nitrogen and oxygen atoms in total. The van der Waals surface area contributed by atoms with E-state index in [-0.39, 0.29) is 0 Å². The van der Waals surface area contributed by atoms with E-state index in [1.165, 1.54) is 24.9 Å². The summed E-state index contributed by atoms with van der Waals surface area (Å²) in [5.41, 5.74) is 1.39. The van der Waals surface area contributed by atoms with Gasteiger partial charge in [0.1, 0.15) is 0 Å². The predicted octanol–water partition coefficient (Wildman–Crippen LogP) is 3.40. The third kappa shape index (κ3) is 2.10. The van der Waals surface area contributed by atoms with Crippen LogP contribution in [0.15, 0.2) is 30.3 Å². The van der Waals surface area contributed by atoms with Crippen molar-refractivity contribution in [2.75, 3.05) is 20.2 Å². The van der Waals surface area contributed by atoms with E-state index in [0.717, 1.165) is 12.6 Å². The SMILES string of the molecule is COP1N2CCC[C@H]2CN1[C@H](C)c1ccccc1. The molecule has 0 amide bonds. The van der Waals surface area contributed by atoms with Gasteiger partial charge in [-0.1, -0.05) is 30.3 Å². The van der Waals surface area contributed by atoms with Gasteiger partial charge in [-0.15, -0.1) is 0 Å². The van der Waals surface area contributed by atoms with Gasteiger partial charge in [0.15, 0.2) is 8.45 Å². The molecule has 0 radical (unpaired) electrons. The van der Waals surface area contributed by atoms with Gasteiger partial charge in [-0.2, -0.15) is 0 Å². The fourth-order valence-corrected chi connectivity index (χ4v) is 5.34. The molecule has 2 aliphatic rings. The zero-order valence-electron chi connectivity index (χ0n) is 11.1. The molecule has 0 spiro atoms. The molecule has 1 aromatic carbocycles. The third-order valence-corrected chi connectivity index (χ3v) is 6.32. The quantitative estimate of drug-likeness (QED) is 0.778. The monoisotopic (exact) mass is 264 g/mol. The van der Waals surface area contributed by atoms with Crippen molar-refractivity contribution in [1.29, 1.82) is 0 Å². The van der Waals surface area contributed by atoms with Gasteiger partial charge in [0.25, 0.3) is 0 Å². The lowest BCUT2D eigenvalue weighted by atomic mass is 10.1. The van der Waals surface area contributed by atoms with Crippen LogP contribution in [0.5, 0.6) is 0 Å². The van der Waals surface area contributed by atoms with Crippen molar-refractivity contribution in [3.8, 4) is 0 Å². The van der Waals surface area contributed by atoms with E-state index in [9.17, 15) is 0 Å². The molecule has 2 fully saturated rings. The Morgan fingerprint density at radius 3 is 2.83 bits per heavy atom. The Kier molecular flexibility index (Phi) is 3.67. The first-order valence-corrected chi connectivity index (χ1v) is 7.90. The summed E-state index contributed by atoms with van der Waals surface area (Å²) in [6, 6.07) is 11.9. The van der Waals surface area contributed by atoms with E-state index < -0.39 is 8.45 Å². The molecule has 1 aromatic rings. The van der Waals surface area contributed by atoms with Crippen molar-refractivity contribution in [2.45, 2.75) is 31.8 Å². The van der Waals surface area contributed by atoms with E-state index in [2.05, 4.69) is 46.6 Å². The average Bonchev–Trinajstić information content (AvgIpc) is 2.98. The second kappa shape index (κ2) is 5.26. The number of rotatable bonds is 3. The minimum absolute atomic E-state index is 0.447. The first-order valence-electron chi connectivity index (χ1n) is 6.73. The zero-order chi connectivity index (χ0) is 12.5. The smallest absolute Gasteiger partial charge is 0.188 e. The molecule has 2 heterocycles. The maximum atomic E-state index is 5.80. The lowest BCUT2D eigenvalue weighted by molar-refractivity contribution is 0.329. The highest BCUT2D eigenvalue weighted by Crippen LogP contribution is 2.57. The Bertz CT molecular complexity index is 400. The number of nitrogens with zero attached hydrogens (tertiary/aromatic N) is 2. The van der Waals surface area contributed by atoms with Gasteiger partial charge in [0, 0.05) is 32.3 Å². The Labute approximate surface area is 111 Å². The van der Waals surface area contributed by atoms with Crippen LogP contribution < -0.4 is 0 Å². The summed E-state index contributed by atoms with van der Waals surface area (Å²) in [6.07, 6.45) is 2.67. The highest BCUT2D eigenvalue weighted by molar-refractivity contribution is 7.47. The number of fused-ring (bicyclic) bond motifs is 1. The van der Waals surface area contributed by atoms with Crippen molar-refractivity contribution >= 4 is 8.45 Å². The molecule has 0 saturated carbocycles. The molecule has 0 bridgehead atoms. The summed E-state index contributed by atoms with van der Waals surface area (Å²) in [5.74, 6) is 0. The largest absolute Gasteiger partial charge is 0.335 e. The standard InChI is InChI=1S/C14H21N2OP/c1-12(13-7-4-3-5-8-13)16-11-14-9-6-10-15(14)18(16)17-2/h3-5,7-8,12,14H,6,9-11H2,1-2H3/t12-,14+,18?/m1/s1. The molecule has 3 rings (SSSR count). The fraction of sp³-hybridized carbons (Fsp3) is 0.571. The molecular weight excluding hydrogens is 243 g/mol. The summed E-state index contributed by atoms with van der Waals surface area (Å²) in [7, 11) is 1.32. The number of benzene rings is 1. The van der Waals surface area contributed by atoms with E-state index >= 15 is 0 Å². The summed E-state index contributed by atoms with van der Waals surface area (Å²) in [6.45, 7) is 4.67. The van der Waals surface area contributed by atoms with Crippen LogP contribution >= 0.6 is 8.45 Å². The van der Waals surface area contributed by atoms with Crippen LogP contribution in [0, 0.1) is 0 Å². The molecule has 0 N–H and O–H groups in total. The summed E-state index contributed by atoms with van der Waals surface area (Å²) in [4.78, 5) is 0. The summed E-state index contributed by atoms with van der Waals surface area (Å²) in [5, 5.41) is 0. The summed E-state index contributed by atoms with van der Waals surface area (Å²) >= 11 is 0. The third-order valence-electron chi connectivity index (χ3n) is 4.08. The second-order valence-corrected chi connectivity index (χ2v) is 7.00. The molecule has 1 unspecified atom stereocenters. The van der Waals surface area contributed by atoms with Crippen molar-refractivity contribution in [1.82, 2.24) is 9.34 Å². The van der Waals surface area contributed by atoms with E-state index in [1.54, 1.807) is 0 Å². The summed E-state index contributed by atoms with van der Waals surface area (Å²) < 4.78 is 10.9. The van der Waals surface area contributed by atoms with Crippen molar-refractivity contribution < 1.29 is 4.52 Å². The van der Waals surface area contributed by atoms with E-state index in [4.69, 9.17) is 4.52 Å². The predicted molar refractivity (Wildman–Crippen MR) is 75.2 cm³/mol. The van der Waals surface area contributed by atoms with Crippen molar-refractivity contribution in [3.63, 3.8) is 0 Å². The highest BCUT2D eigenvalue weighted by atomic mass is 31.2. The zero-order valence-corrected chi connectivity index (χ0v) is 12.0. The first-order chi connectivity index (χ1) is 8.81. The van der Waals surface area contributed by atoms with Crippen LogP contribution in [0.4, 0.5) is 0 Å². The van der Waals surface area contributed by atoms with Crippen molar-refractivity contribution in [3.05, 3.63) is 35.9 Å². The maximum absolute atomic E-state index is 5.80. The minimum atomic E-state index is -0.543. The van der Waals surface area contributed by atoms with E-state index in [0.29, 0.717) is 6.04 Å². The van der Waals surface area contributed by atoms with Gasteiger partial charge in [0.2, 0.25) is 0 Å². The molecule has 0 aliphatic carbocycles. The van der Waals surface area contributed by atoms with Crippen LogP contribution in [0.2, 0.25) is 0 Å². The lowest BCUT2D eigenvalue weighted by Gasteiger charge is -2.31. The lowest BCUT2D eigenvalue weighted by Crippen LogP contribution is -2.22. The average molecular weight is 264 g/mol. The van der Waals surface area contributed by atoms with Crippen molar-refractivity contribution in [2.24, 2.45) is 0 Å². The minimum Gasteiger partial charge on any atom is -0.335 e. The Morgan fingerprint density at radius 1 is 1.33 bits per heavy atom. The fourth-order valence-electron chi connectivity index (χ4n) is 3.08. The Balaban J connectivity index is 1.80. The molecule has 2 aliphatic heterocycles. The van der Waals surface area contributed by atoms with Crippen LogP contribution in [0.25, 0.3) is 0 Å². The molecule has 0 aromatic heterocycles. The van der Waals surface area contributed by atoms with E-state index in [1.807, 2.05) is 7.11 Å². The van der Waals surface area contributed by atoms with Gasteiger partial charge >= 0.3 is 0 Å². The Morgan fingerprint density at radius 2 is 2.11 bits per heavy atom. The normalized spacial score (nSPS) is 30.6. The topological polar surface area (TPSA) is 15.7 Å². The molecule has 4 heteroatoms. The highest BCUT2D eigenvalue weighted by Gasteiger charge is 2.44. The first kappa shape index (κ1) is 12.6. The van der Waals surface area contributed by atoms with Gasteiger partial charge in [-0.05, 0) is 25.3 Å². The number of hydrogen-bond acceptors (Lipinski definition) is 3. The maximum Gasteiger partial charge on any atom is 0.188 e. The van der Waals surface area contributed by atoms with Crippen LogP contribution in [0.3, 0.4) is 0 Å². The van der Waals surface area contributed by atoms with Crippen LogP contribution in [-0.4, -0.2) is 35.6 Å². The Hall–Kier alpha value is -0.470. The van der Waals surface area contributed by atoms with Gasteiger partial charge in [-0.3, -0.25) is 0 Å². The van der Waals surface area contributed by atoms with Gasteiger partial charge in [-0.25, -0.2) is 9.34 Å². The molecule has 98 valence electrons. The van der Waals surface area contributed by atoms with Crippen LogP contribution in [-0.2, 0) is 4.52 Å². The molecule has 3 atom stereocenters. The molecular formula is C14H21N2OP. The van der Waals surface area contributed by atoms with Gasteiger partial charge in [0.05, 0.1) is 0 Å². The van der Waals surface area contributed by atoms with Gasteiger partial charge < -0.3 is 4.52 Å².